The fraction of sp³-hybridized carbons (Fsp3) is 0.391. The van der Waals surface area contributed by atoms with E-state index in [0.717, 1.165) is 17.7 Å². The minimum absolute atomic E-state index is 0.148. The van der Waals surface area contributed by atoms with E-state index in [0.29, 0.717) is 50.3 Å². The Labute approximate surface area is 178 Å². The minimum Gasteiger partial charge on any atom is -0.338 e. The molecule has 0 bridgehead atoms. The second kappa shape index (κ2) is 7.90. The number of benzene rings is 2. The van der Waals surface area contributed by atoms with Crippen LogP contribution in [0.5, 0.6) is 0 Å². The molecule has 164 valence electrons. The van der Waals surface area contributed by atoms with E-state index in [9.17, 15) is 22.8 Å². The Hall–Kier alpha value is -3.03. The van der Waals surface area contributed by atoms with Gasteiger partial charge in [-0.3, -0.25) is 4.79 Å². The molecule has 1 aliphatic carbocycles. The van der Waals surface area contributed by atoms with E-state index >= 15 is 0 Å². The maximum atomic E-state index is 13.2. The molecule has 8 heteroatoms. The third-order valence-corrected chi connectivity index (χ3v) is 6.03. The molecule has 2 aromatic carbocycles. The largest absolute Gasteiger partial charge is 0.416 e. The molecule has 0 unspecified atom stereocenters. The van der Waals surface area contributed by atoms with E-state index in [2.05, 4.69) is 5.32 Å². The summed E-state index contributed by atoms with van der Waals surface area (Å²) in [6.45, 7) is 3.42. The first-order valence-electron chi connectivity index (χ1n) is 10.3. The molecular weight excluding hydrogens is 407 g/mol. The van der Waals surface area contributed by atoms with Crippen LogP contribution < -0.4 is 5.32 Å². The maximum Gasteiger partial charge on any atom is 0.416 e. The van der Waals surface area contributed by atoms with Crippen LogP contribution in [-0.4, -0.2) is 47.9 Å². The summed E-state index contributed by atoms with van der Waals surface area (Å²) in [6.07, 6.45) is -3.35. The number of anilines is 1. The van der Waals surface area contributed by atoms with Crippen LogP contribution in [-0.2, 0) is 16.4 Å². The molecule has 4 rings (SSSR count). The second-order valence-corrected chi connectivity index (χ2v) is 8.24. The summed E-state index contributed by atoms with van der Waals surface area (Å²) in [5, 5.41) is 2.86. The van der Waals surface area contributed by atoms with Gasteiger partial charge in [-0.15, -0.1) is 0 Å². The van der Waals surface area contributed by atoms with Gasteiger partial charge in [0.2, 0.25) is 5.91 Å². The molecule has 0 spiro atoms. The number of alkyl halides is 3. The van der Waals surface area contributed by atoms with Crippen molar-refractivity contribution in [2.45, 2.75) is 31.4 Å². The van der Waals surface area contributed by atoms with Crippen LogP contribution in [0.2, 0.25) is 0 Å². The smallest absolute Gasteiger partial charge is 0.338 e. The average Bonchev–Trinajstić information content (AvgIpc) is 3.55. The summed E-state index contributed by atoms with van der Waals surface area (Å²) < 4.78 is 39.3. The average molecular weight is 431 g/mol. The zero-order chi connectivity index (χ0) is 22.2. The summed E-state index contributed by atoms with van der Waals surface area (Å²) in [5.74, 6) is -0.148. The second-order valence-electron chi connectivity index (χ2n) is 8.24. The third-order valence-electron chi connectivity index (χ3n) is 6.03. The lowest BCUT2D eigenvalue weighted by Crippen LogP contribution is -2.53. The molecule has 1 N–H and O–H groups in total. The predicted octanol–water partition coefficient (Wildman–Crippen LogP) is 4.42. The van der Waals surface area contributed by atoms with Gasteiger partial charge < -0.3 is 15.1 Å². The zero-order valence-corrected chi connectivity index (χ0v) is 17.2. The number of amides is 3. The lowest BCUT2D eigenvalue weighted by molar-refractivity contribution is -0.138. The first kappa shape index (κ1) is 21.2. The van der Waals surface area contributed by atoms with Gasteiger partial charge in [-0.25, -0.2) is 4.79 Å². The van der Waals surface area contributed by atoms with Gasteiger partial charge in [0.05, 0.1) is 11.0 Å². The number of hydrogen-bond acceptors (Lipinski definition) is 2. The number of nitrogens with one attached hydrogen (secondary N) is 1. The Morgan fingerprint density at radius 1 is 0.935 bits per heavy atom. The summed E-state index contributed by atoms with van der Waals surface area (Å²) in [6, 6.07) is 12.4. The fourth-order valence-electron chi connectivity index (χ4n) is 4.08. The van der Waals surface area contributed by atoms with E-state index in [4.69, 9.17) is 0 Å². The highest BCUT2D eigenvalue weighted by atomic mass is 19.4. The van der Waals surface area contributed by atoms with E-state index in [-0.39, 0.29) is 11.9 Å². The first-order chi connectivity index (χ1) is 14.7. The predicted molar refractivity (Wildman–Crippen MR) is 111 cm³/mol. The quantitative estimate of drug-likeness (QED) is 0.782. The van der Waals surface area contributed by atoms with Gasteiger partial charge in [-0.05, 0) is 49.1 Å². The van der Waals surface area contributed by atoms with Gasteiger partial charge in [0.1, 0.15) is 0 Å². The fourth-order valence-corrected chi connectivity index (χ4v) is 4.08. The van der Waals surface area contributed by atoms with Crippen LogP contribution in [0.15, 0.2) is 48.5 Å². The van der Waals surface area contributed by atoms with E-state index in [1.165, 1.54) is 6.07 Å². The molecule has 1 saturated heterocycles. The number of carbonyl (C=O) groups is 2. The van der Waals surface area contributed by atoms with Crippen LogP contribution in [0, 0.1) is 6.92 Å². The van der Waals surface area contributed by atoms with E-state index in [1.807, 2.05) is 31.2 Å². The monoisotopic (exact) mass is 431 g/mol. The third kappa shape index (κ3) is 4.38. The van der Waals surface area contributed by atoms with Crippen LogP contribution in [0.4, 0.5) is 23.7 Å². The normalized spacial score (nSPS) is 17.9. The Morgan fingerprint density at radius 3 is 2.19 bits per heavy atom. The highest BCUT2D eigenvalue weighted by molar-refractivity contribution is 5.92. The van der Waals surface area contributed by atoms with Gasteiger partial charge >= 0.3 is 12.2 Å². The van der Waals surface area contributed by atoms with Crippen LogP contribution in [0.25, 0.3) is 0 Å². The number of aryl methyl sites for hydroxylation is 1. The van der Waals surface area contributed by atoms with Gasteiger partial charge in [0, 0.05) is 31.9 Å². The Kier molecular flexibility index (Phi) is 5.41. The number of piperazine rings is 1. The standard InChI is InChI=1S/C23H24F3N3O2/c1-16-4-2-7-19(14-16)27-21(31)29-12-10-28(11-13-29)20(30)22(8-9-22)17-5-3-6-18(15-17)23(24,25)26/h2-7,14-15H,8-13H2,1H3,(H,27,31). The summed E-state index contributed by atoms with van der Waals surface area (Å²) in [4.78, 5) is 29.0. The molecule has 1 aliphatic heterocycles. The Morgan fingerprint density at radius 2 is 1.58 bits per heavy atom. The van der Waals surface area contributed by atoms with Gasteiger partial charge in [-0.2, -0.15) is 13.2 Å². The molecule has 5 nitrogen and oxygen atoms in total. The molecule has 1 heterocycles. The molecule has 2 aromatic rings. The molecule has 2 aliphatic rings. The summed E-state index contributed by atoms with van der Waals surface area (Å²) in [5.41, 5.74) is 0.573. The lowest BCUT2D eigenvalue weighted by Gasteiger charge is -2.36. The molecule has 1 saturated carbocycles. The van der Waals surface area contributed by atoms with Crippen molar-refractivity contribution in [3.8, 4) is 0 Å². The zero-order valence-electron chi connectivity index (χ0n) is 17.2. The van der Waals surface area contributed by atoms with Crippen LogP contribution >= 0.6 is 0 Å². The van der Waals surface area contributed by atoms with Gasteiger partial charge in [0.15, 0.2) is 0 Å². The number of halogens is 3. The Balaban J connectivity index is 1.39. The van der Waals surface area contributed by atoms with Crippen molar-refractivity contribution >= 4 is 17.6 Å². The number of hydrogen-bond donors (Lipinski definition) is 1. The van der Waals surface area contributed by atoms with Crippen molar-refractivity contribution in [2.75, 3.05) is 31.5 Å². The van der Waals surface area contributed by atoms with Gasteiger partial charge in [-0.1, -0.05) is 30.3 Å². The van der Waals surface area contributed by atoms with Crippen molar-refractivity contribution in [1.29, 1.82) is 0 Å². The molecule has 0 aromatic heterocycles. The first-order valence-corrected chi connectivity index (χ1v) is 10.3. The molecule has 2 fully saturated rings. The number of rotatable bonds is 3. The van der Waals surface area contributed by atoms with E-state index in [1.54, 1.807) is 15.9 Å². The molecule has 3 amide bonds. The van der Waals surface area contributed by atoms with Crippen molar-refractivity contribution in [1.82, 2.24) is 9.80 Å². The van der Waals surface area contributed by atoms with E-state index < -0.39 is 17.2 Å². The highest BCUT2D eigenvalue weighted by Gasteiger charge is 2.53. The SMILES string of the molecule is Cc1cccc(NC(=O)N2CCN(C(=O)C3(c4cccc(C(F)(F)F)c4)CC3)CC2)c1. The van der Waals surface area contributed by atoms with Crippen molar-refractivity contribution in [3.63, 3.8) is 0 Å². The summed E-state index contributed by atoms with van der Waals surface area (Å²) >= 11 is 0. The van der Waals surface area contributed by atoms with Crippen molar-refractivity contribution < 1.29 is 22.8 Å². The van der Waals surface area contributed by atoms with Crippen molar-refractivity contribution in [2.24, 2.45) is 0 Å². The van der Waals surface area contributed by atoms with Crippen LogP contribution in [0.1, 0.15) is 29.5 Å². The lowest BCUT2D eigenvalue weighted by atomic mass is 9.92. The Bertz CT molecular complexity index is 994. The number of urea groups is 1. The molecule has 0 atom stereocenters. The minimum atomic E-state index is -4.44. The highest BCUT2D eigenvalue weighted by Crippen LogP contribution is 2.50. The maximum absolute atomic E-state index is 13.2. The van der Waals surface area contributed by atoms with Gasteiger partial charge in [0.25, 0.3) is 0 Å². The topological polar surface area (TPSA) is 52.7 Å². The molecule has 0 radical (unpaired) electrons. The van der Waals surface area contributed by atoms with Crippen LogP contribution in [0.3, 0.4) is 0 Å². The molecule has 31 heavy (non-hydrogen) atoms. The molecular formula is C23H24F3N3O2. The van der Waals surface area contributed by atoms with Crippen molar-refractivity contribution in [3.05, 3.63) is 65.2 Å². The number of carbonyl (C=O) groups excluding carboxylic acids is 2. The summed E-state index contributed by atoms with van der Waals surface area (Å²) in [7, 11) is 0. The number of nitrogens with zero attached hydrogens (tertiary/aromatic N) is 2.